The molecule has 0 bridgehead atoms. The predicted molar refractivity (Wildman–Crippen MR) is 72.6 cm³/mol. The van der Waals surface area contributed by atoms with E-state index in [2.05, 4.69) is 31.3 Å². The summed E-state index contributed by atoms with van der Waals surface area (Å²) in [6.45, 7) is 8.63. The van der Waals surface area contributed by atoms with E-state index in [1.807, 2.05) is 6.92 Å². The molecule has 3 N–H and O–H groups in total. The molecule has 0 aliphatic carbocycles. The van der Waals surface area contributed by atoms with Crippen molar-refractivity contribution in [2.75, 3.05) is 13.2 Å². The molecule has 4 nitrogen and oxygen atoms in total. The molecule has 0 fully saturated rings. The third-order valence-corrected chi connectivity index (χ3v) is 3.06. The number of nitrogens with one attached hydrogen (secondary N) is 1. The van der Waals surface area contributed by atoms with Crippen LogP contribution in [0.15, 0.2) is 12.1 Å². The van der Waals surface area contributed by atoms with Gasteiger partial charge in [0.1, 0.15) is 0 Å². The first kappa shape index (κ1) is 14.5. The average molecular weight is 250 g/mol. The van der Waals surface area contributed by atoms with Gasteiger partial charge in [0.25, 0.3) is 0 Å². The van der Waals surface area contributed by atoms with E-state index in [1.165, 1.54) is 11.1 Å². The fourth-order valence-corrected chi connectivity index (χ4v) is 1.94. The molecule has 1 amide bonds. The minimum absolute atomic E-state index is 0.205. The molecule has 100 valence electrons. The van der Waals surface area contributed by atoms with Gasteiger partial charge < -0.3 is 15.8 Å². The number of rotatable bonds is 4. The minimum Gasteiger partial charge on any atom is -0.450 e. The zero-order valence-electron chi connectivity index (χ0n) is 11.5. The second-order valence-electron chi connectivity index (χ2n) is 4.45. The lowest BCUT2D eigenvalue weighted by atomic mass is 9.96. The van der Waals surface area contributed by atoms with Crippen molar-refractivity contribution in [3.05, 3.63) is 34.4 Å². The minimum atomic E-state index is -0.425. The molecule has 0 saturated carbocycles. The topological polar surface area (TPSA) is 64.3 Å². The molecule has 18 heavy (non-hydrogen) atoms. The molecule has 0 radical (unpaired) electrons. The van der Waals surface area contributed by atoms with Gasteiger partial charge in [-0.25, -0.2) is 4.79 Å². The molecule has 0 aliphatic rings. The van der Waals surface area contributed by atoms with Crippen molar-refractivity contribution >= 4 is 6.09 Å². The summed E-state index contributed by atoms with van der Waals surface area (Å²) in [5.74, 6) is 0. The van der Waals surface area contributed by atoms with Gasteiger partial charge in [-0.05, 0) is 49.9 Å². The molecule has 0 spiro atoms. The van der Waals surface area contributed by atoms with Crippen LogP contribution in [-0.2, 0) is 4.74 Å². The van der Waals surface area contributed by atoms with Crippen molar-refractivity contribution in [2.24, 2.45) is 5.73 Å². The van der Waals surface area contributed by atoms with Crippen LogP contribution in [0.1, 0.15) is 35.2 Å². The first-order valence-corrected chi connectivity index (χ1v) is 6.20. The third-order valence-electron chi connectivity index (χ3n) is 3.06. The number of hydrogen-bond donors (Lipinski definition) is 2. The molecule has 4 heteroatoms. The van der Waals surface area contributed by atoms with Crippen molar-refractivity contribution in [1.82, 2.24) is 5.32 Å². The fraction of sp³-hybridized carbons (Fsp3) is 0.500. The van der Waals surface area contributed by atoms with Crippen LogP contribution in [0.25, 0.3) is 0 Å². The van der Waals surface area contributed by atoms with E-state index < -0.39 is 6.09 Å². The van der Waals surface area contributed by atoms with Crippen molar-refractivity contribution in [2.45, 2.75) is 33.7 Å². The second-order valence-corrected chi connectivity index (χ2v) is 4.45. The van der Waals surface area contributed by atoms with Gasteiger partial charge in [0, 0.05) is 6.54 Å². The van der Waals surface area contributed by atoms with Gasteiger partial charge in [0.15, 0.2) is 0 Å². The van der Waals surface area contributed by atoms with E-state index in [-0.39, 0.29) is 6.04 Å². The Morgan fingerprint density at radius 1 is 1.28 bits per heavy atom. The molecule has 0 aliphatic heterocycles. The van der Waals surface area contributed by atoms with Crippen LogP contribution in [0.3, 0.4) is 0 Å². The van der Waals surface area contributed by atoms with E-state index in [0.717, 1.165) is 11.1 Å². The molecule has 1 unspecified atom stereocenters. The van der Waals surface area contributed by atoms with E-state index in [1.54, 1.807) is 6.92 Å². The van der Waals surface area contributed by atoms with Crippen LogP contribution in [0.4, 0.5) is 4.79 Å². The summed E-state index contributed by atoms with van der Waals surface area (Å²) in [4.78, 5) is 11.5. The molecule has 0 saturated heterocycles. The fourth-order valence-electron chi connectivity index (χ4n) is 1.94. The van der Waals surface area contributed by atoms with Crippen LogP contribution in [-0.4, -0.2) is 19.2 Å². The second kappa shape index (κ2) is 6.40. The number of hydrogen-bond acceptors (Lipinski definition) is 3. The summed E-state index contributed by atoms with van der Waals surface area (Å²) >= 11 is 0. The van der Waals surface area contributed by atoms with E-state index in [9.17, 15) is 4.79 Å². The molecule has 0 aromatic heterocycles. The first-order chi connectivity index (χ1) is 8.49. The van der Waals surface area contributed by atoms with Gasteiger partial charge in [0.05, 0.1) is 12.6 Å². The van der Waals surface area contributed by atoms with Crippen LogP contribution < -0.4 is 11.1 Å². The van der Waals surface area contributed by atoms with Crippen molar-refractivity contribution in [1.29, 1.82) is 0 Å². The van der Waals surface area contributed by atoms with Gasteiger partial charge in [-0.15, -0.1) is 0 Å². The highest BCUT2D eigenvalue weighted by Crippen LogP contribution is 2.21. The molecular formula is C14H22N2O2. The molecule has 1 atom stereocenters. The van der Waals surface area contributed by atoms with Gasteiger partial charge in [-0.3, -0.25) is 0 Å². The number of carbonyl (C=O) groups excluding carboxylic acids is 1. The van der Waals surface area contributed by atoms with Crippen molar-refractivity contribution in [3.8, 4) is 0 Å². The van der Waals surface area contributed by atoms with E-state index >= 15 is 0 Å². The maximum absolute atomic E-state index is 11.5. The highest BCUT2D eigenvalue weighted by atomic mass is 16.5. The molecular weight excluding hydrogens is 228 g/mol. The number of aryl methyl sites for hydroxylation is 3. The van der Waals surface area contributed by atoms with Crippen LogP contribution in [0.5, 0.6) is 0 Å². The Morgan fingerprint density at radius 2 is 1.89 bits per heavy atom. The standard InChI is InChI=1S/C14H22N2O2/c1-5-18-14(17)16-13(8-15)12-7-10(3)9(2)6-11(12)4/h6-7,13H,5,8,15H2,1-4H3,(H,16,17). The Kier molecular flexibility index (Phi) is 5.16. The highest BCUT2D eigenvalue weighted by molar-refractivity contribution is 5.68. The lowest BCUT2D eigenvalue weighted by Crippen LogP contribution is -2.34. The number of amides is 1. The Hall–Kier alpha value is -1.55. The maximum Gasteiger partial charge on any atom is 0.407 e. The predicted octanol–water partition coefficient (Wildman–Crippen LogP) is 2.36. The number of alkyl carbamates (subject to hydrolysis) is 1. The zero-order chi connectivity index (χ0) is 13.7. The molecule has 1 rings (SSSR count). The molecule has 1 aromatic rings. The van der Waals surface area contributed by atoms with Gasteiger partial charge in [0.2, 0.25) is 0 Å². The lowest BCUT2D eigenvalue weighted by Gasteiger charge is -2.20. The summed E-state index contributed by atoms with van der Waals surface area (Å²) in [5.41, 5.74) is 10.3. The van der Waals surface area contributed by atoms with E-state index in [4.69, 9.17) is 10.5 Å². The van der Waals surface area contributed by atoms with Crippen LogP contribution >= 0.6 is 0 Å². The van der Waals surface area contributed by atoms with Crippen LogP contribution in [0, 0.1) is 20.8 Å². The molecule has 1 aromatic carbocycles. The summed E-state index contributed by atoms with van der Waals surface area (Å²) < 4.78 is 4.88. The Labute approximate surface area is 109 Å². The number of ether oxygens (including phenoxy) is 1. The van der Waals surface area contributed by atoms with Crippen LogP contribution in [0.2, 0.25) is 0 Å². The van der Waals surface area contributed by atoms with Gasteiger partial charge >= 0.3 is 6.09 Å². The van der Waals surface area contributed by atoms with E-state index in [0.29, 0.717) is 13.2 Å². The first-order valence-electron chi connectivity index (χ1n) is 6.20. The number of carbonyl (C=O) groups is 1. The average Bonchev–Trinajstić information content (AvgIpc) is 2.31. The lowest BCUT2D eigenvalue weighted by molar-refractivity contribution is 0.148. The quantitative estimate of drug-likeness (QED) is 0.862. The largest absolute Gasteiger partial charge is 0.450 e. The summed E-state index contributed by atoms with van der Waals surface area (Å²) in [7, 11) is 0. The SMILES string of the molecule is CCOC(=O)NC(CN)c1cc(C)c(C)cc1C. The molecule has 0 heterocycles. The highest BCUT2D eigenvalue weighted by Gasteiger charge is 2.16. The van der Waals surface area contributed by atoms with Crippen molar-refractivity contribution in [3.63, 3.8) is 0 Å². The monoisotopic (exact) mass is 250 g/mol. The Morgan fingerprint density at radius 3 is 2.44 bits per heavy atom. The van der Waals surface area contributed by atoms with Gasteiger partial charge in [-0.2, -0.15) is 0 Å². The smallest absolute Gasteiger partial charge is 0.407 e. The zero-order valence-corrected chi connectivity index (χ0v) is 11.5. The number of benzene rings is 1. The third kappa shape index (κ3) is 3.47. The Bertz CT molecular complexity index is 430. The summed E-state index contributed by atoms with van der Waals surface area (Å²) in [6, 6.07) is 3.98. The maximum atomic E-state index is 11.5. The Balaban J connectivity index is 2.95. The summed E-state index contributed by atoms with van der Waals surface area (Å²) in [5, 5.41) is 2.79. The number of nitrogens with two attached hydrogens (primary N) is 1. The summed E-state index contributed by atoms with van der Waals surface area (Å²) in [6.07, 6.45) is -0.425. The van der Waals surface area contributed by atoms with Crippen molar-refractivity contribution < 1.29 is 9.53 Å². The normalized spacial score (nSPS) is 12.1. The van der Waals surface area contributed by atoms with Gasteiger partial charge in [-0.1, -0.05) is 12.1 Å².